The molecule has 0 aromatic heterocycles. The molecule has 1 aromatic carbocycles. The monoisotopic (exact) mass is 194 g/mol. The van der Waals surface area contributed by atoms with E-state index in [1.807, 2.05) is 17.8 Å². The summed E-state index contributed by atoms with van der Waals surface area (Å²) in [5, 5.41) is 9.78. The fraction of sp³-hybridized carbons (Fsp3) is 0.455. The molecule has 0 saturated carbocycles. The van der Waals surface area contributed by atoms with Gasteiger partial charge in [0.05, 0.1) is 0 Å². The standard InChI is InChI=1S/C11H14OS/c1-11(2)6-7-13-9-5-3-4-8(12)10(9)11/h3-5,12H,6-7H2,1-2H3. The molecule has 0 saturated heterocycles. The van der Waals surface area contributed by atoms with Crippen LogP contribution < -0.4 is 0 Å². The maximum absolute atomic E-state index is 9.78. The van der Waals surface area contributed by atoms with Crippen LogP contribution >= 0.6 is 11.8 Å². The van der Waals surface area contributed by atoms with E-state index < -0.39 is 0 Å². The summed E-state index contributed by atoms with van der Waals surface area (Å²) in [6.07, 6.45) is 1.14. The lowest BCUT2D eigenvalue weighted by molar-refractivity contribution is 0.420. The number of benzene rings is 1. The van der Waals surface area contributed by atoms with Gasteiger partial charge in [0.15, 0.2) is 0 Å². The van der Waals surface area contributed by atoms with Crippen molar-refractivity contribution in [2.24, 2.45) is 0 Å². The number of fused-ring (bicyclic) bond motifs is 1. The van der Waals surface area contributed by atoms with E-state index in [9.17, 15) is 5.11 Å². The third-order valence-electron chi connectivity index (χ3n) is 2.67. The lowest BCUT2D eigenvalue weighted by atomic mass is 9.81. The lowest BCUT2D eigenvalue weighted by Gasteiger charge is -2.32. The average Bonchev–Trinajstić information content (AvgIpc) is 2.02. The van der Waals surface area contributed by atoms with Crippen LogP contribution in [0, 0.1) is 0 Å². The summed E-state index contributed by atoms with van der Waals surface area (Å²) >= 11 is 1.85. The number of hydrogen-bond acceptors (Lipinski definition) is 2. The van der Waals surface area contributed by atoms with Gasteiger partial charge >= 0.3 is 0 Å². The molecule has 0 amide bonds. The molecule has 1 nitrogen and oxygen atoms in total. The molecule has 1 aliphatic heterocycles. The molecule has 1 N–H and O–H groups in total. The molecule has 0 bridgehead atoms. The minimum Gasteiger partial charge on any atom is -0.508 e. The Morgan fingerprint density at radius 1 is 1.38 bits per heavy atom. The SMILES string of the molecule is CC1(C)CCSc2cccc(O)c21. The van der Waals surface area contributed by atoms with Crippen LogP contribution in [0.25, 0.3) is 0 Å². The lowest BCUT2D eigenvalue weighted by Crippen LogP contribution is -2.22. The van der Waals surface area contributed by atoms with Crippen LogP contribution in [0.5, 0.6) is 5.75 Å². The summed E-state index contributed by atoms with van der Waals surface area (Å²) in [6, 6.07) is 5.80. The Hall–Kier alpha value is -0.630. The summed E-state index contributed by atoms with van der Waals surface area (Å²) in [6.45, 7) is 4.40. The highest BCUT2D eigenvalue weighted by atomic mass is 32.2. The highest BCUT2D eigenvalue weighted by Crippen LogP contribution is 2.45. The molecule has 0 radical (unpaired) electrons. The Labute approximate surface area is 83.2 Å². The van der Waals surface area contributed by atoms with E-state index in [1.54, 1.807) is 6.07 Å². The van der Waals surface area contributed by atoms with E-state index in [1.165, 1.54) is 4.90 Å². The summed E-state index contributed by atoms with van der Waals surface area (Å²) in [5.41, 5.74) is 1.26. The first kappa shape index (κ1) is 8.95. The zero-order valence-electron chi connectivity index (χ0n) is 8.00. The van der Waals surface area contributed by atoms with Gasteiger partial charge in [-0.2, -0.15) is 0 Å². The van der Waals surface area contributed by atoms with Crippen LogP contribution in [0.15, 0.2) is 23.1 Å². The van der Waals surface area contributed by atoms with Crippen molar-refractivity contribution in [1.82, 2.24) is 0 Å². The van der Waals surface area contributed by atoms with Gasteiger partial charge < -0.3 is 5.11 Å². The Bertz CT molecular complexity index is 331. The van der Waals surface area contributed by atoms with E-state index in [0.29, 0.717) is 5.75 Å². The molecule has 0 aliphatic carbocycles. The highest BCUT2D eigenvalue weighted by Gasteiger charge is 2.30. The second-order valence-electron chi connectivity index (χ2n) is 4.13. The van der Waals surface area contributed by atoms with Crippen molar-refractivity contribution in [2.75, 3.05) is 5.75 Å². The van der Waals surface area contributed by atoms with Crippen LogP contribution in [0.2, 0.25) is 0 Å². The van der Waals surface area contributed by atoms with Gasteiger partial charge in [0.25, 0.3) is 0 Å². The first-order valence-corrected chi connectivity index (χ1v) is 5.55. The van der Waals surface area contributed by atoms with Gasteiger partial charge in [0.1, 0.15) is 5.75 Å². The van der Waals surface area contributed by atoms with E-state index >= 15 is 0 Å². The number of phenolic OH excluding ortho intramolecular Hbond substituents is 1. The Kier molecular flexibility index (Phi) is 2.03. The smallest absolute Gasteiger partial charge is 0.120 e. The summed E-state index contributed by atoms with van der Waals surface area (Å²) < 4.78 is 0. The molecule has 0 fully saturated rings. The van der Waals surface area contributed by atoms with Crippen molar-refractivity contribution >= 4 is 11.8 Å². The normalized spacial score (nSPS) is 19.5. The van der Waals surface area contributed by atoms with Crippen LogP contribution in [0.4, 0.5) is 0 Å². The third kappa shape index (κ3) is 1.44. The fourth-order valence-corrected chi connectivity index (χ4v) is 3.39. The number of hydrogen-bond donors (Lipinski definition) is 1. The van der Waals surface area contributed by atoms with Crippen molar-refractivity contribution in [3.8, 4) is 5.75 Å². The molecule has 2 rings (SSSR count). The number of phenols is 1. The van der Waals surface area contributed by atoms with Gasteiger partial charge in [-0.3, -0.25) is 0 Å². The Morgan fingerprint density at radius 3 is 2.85 bits per heavy atom. The maximum Gasteiger partial charge on any atom is 0.120 e. The van der Waals surface area contributed by atoms with Crippen LogP contribution in [-0.2, 0) is 5.41 Å². The van der Waals surface area contributed by atoms with Gasteiger partial charge in [-0.1, -0.05) is 19.9 Å². The Morgan fingerprint density at radius 2 is 2.15 bits per heavy atom. The summed E-state index contributed by atoms with van der Waals surface area (Å²) in [5.74, 6) is 1.61. The second kappa shape index (κ2) is 2.95. The van der Waals surface area contributed by atoms with Crippen LogP contribution in [0.1, 0.15) is 25.8 Å². The molecular weight excluding hydrogens is 180 g/mol. The zero-order valence-corrected chi connectivity index (χ0v) is 8.82. The molecule has 0 spiro atoms. The summed E-state index contributed by atoms with van der Waals surface area (Å²) in [7, 11) is 0. The Balaban J connectivity index is 2.61. The molecule has 1 aromatic rings. The van der Waals surface area contributed by atoms with E-state index in [2.05, 4.69) is 19.9 Å². The maximum atomic E-state index is 9.78. The van der Waals surface area contributed by atoms with Crippen molar-refractivity contribution in [1.29, 1.82) is 0 Å². The second-order valence-corrected chi connectivity index (χ2v) is 5.27. The largest absolute Gasteiger partial charge is 0.508 e. The van der Waals surface area contributed by atoms with E-state index in [-0.39, 0.29) is 5.41 Å². The highest BCUT2D eigenvalue weighted by molar-refractivity contribution is 7.99. The molecule has 1 heterocycles. The number of thioether (sulfide) groups is 1. The topological polar surface area (TPSA) is 20.2 Å². The number of aromatic hydroxyl groups is 1. The third-order valence-corrected chi connectivity index (χ3v) is 3.73. The predicted octanol–water partition coefficient (Wildman–Crippen LogP) is 3.17. The molecule has 1 aliphatic rings. The molecular formula is C11H14OS. The minimum absolute atomic E-state index is 0.131. The van der Waals surface area contributed by atoms with Crippen molar-refractivity contribution in [2.45, 2.75) is 30.6 Å². The molecule has 13 heavy (non-hydrogen) atoms. The van der Waals surface area contributed by atoms with Gasteiger partial charge in [0.2, 0.25) is 0 Å². The minimum atomic E-state index is 0.131. The van der Waals surface area contributed by atoms with Crippen LogP contribution in [-0.4, -0.2) is 10.9 Å². The van der Waals surface area contributed by atoms with Crippen molar-refractivity contribution in [3.05, 3.63) is 23.8 Å². The van der Waals surface area contributed by atoms with Gasteiger partial charge in [0, 0.05) is 10.5 Å². The van der Waals surface area contributed by atoms with Crippen LogP contribution in [0.3, 0.4) is 0 Å². The first-order valence-electron chi connectivity index (χ1n) is 4.56. The molecule has 70 valence electrons. The predicted molar refractivity (Wildman–Crippen MR) is 56.5 cm³/mol. The fourth-order valence-electron chi connectivity index (χ4n) is 1.86. The van der Waals surface area contributed by atoms with Gasteiger partial charge in [-0.15, -0.1) is 11.8 Å². The van der Waals surface area contributed by atoms with Crippen molar-refractivity contribution in [3.63, 3.8) is 0 Å². The molecule has 2 heteroatoms. The summed E-state index contributed by atoms with van der Waals surface area (Å²) in [4.78, 5) is 1.25. The molecule has 0 atom stereocenters. The van der Waals surface area contributed by atoms with E-state index in [0.717, 1.165) is 17.7 Å². The first-order chi connectivity index (χ1) is 6.11. The average molecular weight is 194 g/mol. The van der Waals surface area contributed by atoms with Crippen molar-refractivity contribution < 1.29 is 5.11 Å². The number of rotatable bonds is 0. The quantitative estimate of drug-likeness (QED) is 0.684. The zero-order chi connectivity index (χ0) is 9.47. The van der Waals surface area contributed by atoms with Gasteiger partial charge in [-0.25, -0.2) is 0 Å². The van der Waals surface area contributed by atoms with E-state index in [4.69, 9.17) is 0 Å². The molecule has 0 unspecified atom stereocenters. The van der Waals surface area contributed by atoms with Gasteiger partial charge in [-0.05, 0) is 29.7 Å².